The summed E-state index contributed by atoms with van der Waals surface area (Å²) in [6.07, 6.45) is 3.95. The molecule has 0 radical (unpaired) electrons. The number of ether oxygens (including phenoxy) is 1. The summed E-state index contributed by atoms with van der Waals surface area (Å²) < 4.78 is 5.60. The van der Waals surface area contributed by atoms with Gasteiger partial charge < -0.3 is 15.2 Å². The van der Waals surface area contributed by atoms with Crippen LogP contribution in [0.1, 0.15) is 12.0 Å². The second kappa shape index (κ2) is 5.05. The predicted molar refractivity (Wildman–Crippen MR) is 56.9 cm³/mol. The number of carboxylic acid groups (broad SMARTS) is 1. The van der Waals surface area contributed by atoms with Crippen LogP contribution < -0.4 is 5.32 Å². The molecule has 2 heterocycles. The zero-order valence-electron chi connectivity index (χ0n) is 8.80. The van der Waals surface area contributed by atoms with Gasteiger partial charge in [-0.25, -0.2) is 0 Å². The molecule has 1 aromatic heterocycles. The monoisotopic (exact) mass is 222 g/mol. The number of aromatic nitrogens is 1. The maximum atomic E-state index is 10.7. The third-order valence-corrected chi connectivity index (χ3v) is 2.60. The molecule has 0 aromatic carbocycles. The fourth-order valence-corrected chi connectivity index (χ4v) is 1.72. The van der Waals surface area contributed by atoms with Crippen LogP contribution in [0, 0.1) is 0 Å². The first-order chi connectivity index (χ1) is 7.75. The van der Waals surface area contributed by atoms with E-state index in [9.17, 15) is 4.79 Å². The molecule has 5 nitrogen and oxygen atoms in total. The van der Waals surface area contributed by atoms with Crippen LogP contribution >= 0.6 is 0 Å². The lowest BCUT2D eigenvalue weighted by Crippen LogP contribution is -2.29. The number of rotatable bonds is 4. The molecule has 2 atom stereocenters. The number of carboxylic acids is 1. The molecular formula is C11H14N2O3. The highest BCUT2D eigenvalue weighted by Crippen LogP contribution is 2.12. The van der Waals surface area contributed by atoms with Crippen molar-refractivity contribution in [3.63, 3.8) is 0 Å². The van der Waals surface area contributed by atoms with Gasteiger partial charge in [0.15, 0.2) is 0 Å². The van der Waals surface area contributed by atoms with E-state index < -0.39 is 12.0 Å². The van der Waals surface area contributed by atoms with E-state index in [4.69, 9.17) is 9.84 Å². The van der Waals surface area contributed by atoms with Crippen LogP contribution in [0.25, 0.3) is 0 Å². The topological polar surface area (TPSA) is 71.5 Å². The summed E-state index contributed by atoms with van der Waals surface area (Å²) in [4.78, 5) is 14.7. The van der Waals surface area contributed by atoms with Crippen molar-refractivity contribution in [2.75, 3.05) is 6.54 Å². The minimum Gasteiger partial charge on any atom is -0.480 e. The Morgan fingerprint density at radius 1 is 1.69 bits per heavy atom. The van der Waals surface area contributed by atoms with E-state index in [2.05, 4.69) is 10.3 Å². The van der Waals surface area contributed by atoms with E-state index in [-0.39, 0.29) is 6.10 Å². The highest BCUT2D eigenvalue weighted by atomic mass is 16.5. The quantitative estimate of drug-likeness (QED) is 0.772. The van der Waals surface area contributed by atoms with Crippen LogP contribution in [-0.2, 0) is 16.1 Å². The molecule has 5 heteroatoms. The lowest BCUT2D eigenvalue weighted by molar-refractivity contribution is -0.139. The van der Waals surface area contributed by atoms with Crippen LogP contribution in [0.2, 0.25) is 0 Å². The van der Waals surface area contributed by atoms with Crippen molar-refractivity contribution >= 4 is 5.97 Å². The molecule has 0 unspecified atom stereocenters. The average molecular weight is 222 g/mol. The van der Waals surface area contributed by atoms with Crippen molar-refractivity contribution < 1.29 is 14.6 Å². The van der Waals surface area contributed by atoms with Crippen molar-refractivity contribution in [2.24, 2.45) is 0 Å². The molecule has 1 saturated heterocycles. The van der Waals surface area contributed by atoms with Crippen molar-refractivity contribution in [1.29, 1.82) is 0 Å². The molecule has 2 N–H and O–H groups in total. The normalized spacial score (nSPS) is 24.5. The van der Waals surface area contributed by atoms with Gasteiger partial charge in [0, 0.05) is 25.4 Å². The molecule has 1 aromatic rings. The molecule has 1 fully saturated rings. The Morgan fingerprint density at radius 2 is 2.56 bits per heavy atom. The Kier molecular flexibility index (Phi) is 3.48. The van der Waals surface area contributed by atoms with Crippen LogP contribution in [0.4, 0.5) is 0 Å². The number of aliphatic carboxylic acids is 1. The number of nitrogens with zero attached hydrogens (tertiary/aromatic N) is 1. The Labute approximate surface area is 93.5 Å². The lowest BCUT2D eigenvalue weighted by atomic mass is 10.2. The van der Waals surface area contributed by atoms with Gasteiger partial charge in [-0.2, -0.15) is 0 Å². The first kappa shape index (κ1) is 11.0. The van der Waals surface area contributed by atoms with Gasteiger partial charge in [-0.05, 0) is 11.6 Å². The molecule has 0 amide bonds. The van der Waals surface area contributed by atoms with Gasteiger partial charge in [0.1, 0.15) is 6.04 Å². The maximum Gasteiger partial charge on any atom is 0.320 e. The SMILES string of the molecule is O=C(O)[C@@H]1C[C@@H](OCc2cccnc2)CN1. The van der Waals surface area contributed by atoms with Gasteiger partial charge in [-0.3, -0.25) is 9.78 Å². The van der Waals surface area contributed by atoms with E-state index in [1.54, 1.807) is 12.4 Å². The third kappa shape index (κ3) is 2.77. The molecule has 0 spiro atoms. The first-order valence-corrected chi connectivity index (χ1v) is 5.22. The summed E-state index contributed by atoms with van der Waals surface area (Å²) in [5.74, 6) is -0.813. The summed E-state index contributed by atoms with van der Waals surface area (Å²) in [5.41, 5.74) is 1.00. The van der Waals surface area contributed by atoms with E-state index >= 15 is 0 Å². The molecule has 1 aliphatic heterocycles. The van der Waals surface area contributed by atoms with Crippen molar-refractivity contribution in [3.05, 3.63) is 30.1 Å². The molecule has 0 bridgehead atoms. The standard InChI is InChI=1S/C11H14N2O3/c14-11(15)10-4-9(6-13-10)16-7-8-2-1-3-12-5-8/h1-3,5,9-10,13H,4,6-7H2,(H,14,15)/t9-,10+/m1/s1. The lowest BCUT2D eigenvalue weighted by Gasteiger charge is -2.10. The number of hydrogen-bond acceptors (Lipinski definition) is 4. The minimum atomic E-state index is -0.813. The van der Waals surface area contributed by atoms with Crippen LogP contribution in [0.15, 0.2) is 24.5 Å². The van der Waals surface area contributed by atoms with Crippen molar-refractivity contribution in [3.8, 4) is 0 Å². The molecule has 0 aliphatic carbocycles. The van der Waals surface area contributed by atoms with Crippen LogP contribution in [0.5, 0.6) is 0 Å². The number of hydrogen-bond donors (Lipinski definition) is 2. The third-order valence-electron chi connectivity index (χ3n) is 2.60. The Hall–Kier alpha value is -1.46. The van der Waals surface area contributed by atoms with Gasteiger partial charge in [0.05, 0.1) is 12.7 Å². The van der Waals surface area contributed by atoms with E-state index in [0.29, 0.717) is 19.6 Å². The van der Waals surface area contributed by atoms with Gasteiger partial charge in [-0.15, -0.1) is 0 Å². The minimum absolute atomic E-state index is 0.0266. The van der Waals surface area contributed by atoms with Crippen molar-refractivity contribution in [1.82, 2.24) is 10.3 Å². The Bertz CT molecular complexity index is 356. The van der Waals surface area contributed by atoms with E-state index in [1.807, 2.05) is 12.1 Å². The predicted octanol–water partition coefficient (Wildman–Crippen LogP) is 0.413. The Balaban J connectivity index is 1.78. The summed E-state index contributed by atoms with van der Waals surface area (Å²) in [5, 5.41) is 11.7. The van der Waals surface area contributed by atoms with E-state index in [0.717, 1.165) is 5.56 Å². The number of nitrogens with one attached hydrogen (secondary N) is 1. The highest BCUT2D eigenvalue weighted by molar-refractivity contribution is 5.73. The van der Waals surface area contributed by atoms with Crippen molar-refractivity contribution in [2.45, 2.75) is 25.2 Å². The second-order valence-corrected chi connectivity index (χ2v) is 3.83. The zero-order chi connectivity index (χ0) is 11.4. The molecule has 2 rings (SSSR count). The smallest absolute Gasteiger partial charge is 0.320 e. The van der Waals surface area contributed by atoms with Gasteiger partial charge >= 0.3 is 5.97 Å². The molecule has 1 aliphatic rings. The first-order valence-electron chi connectivity index (χ1n) is 5.22. The second-order valence-electron chi connectivity index (χ2n) is 3.83. The van der Waals surface area contributed by atoms with Gasteiger partial charge in [0.25, 0.3) is 0 Å². The largest absolute Gasteiger partial charge is 0.480 e. The fourth-order valence-electron chi connectivity index (χ4n) is 1.72. The summed E-state index contributed by atoms with van der Waals surface area (Å²) >= 11 is 0. The fraction of sp³-hybridized carbons (Fsp3) is 0.455. The summed E-state index contributed by atoms with van der Waals surface area (Å²) in [6.45, 7) is 1.07. The molecule has 0 saturated carbocycles. The van der Waals surface area contributed by atoms with Gasteiger partial charge in [0.2, 0.25) is 0 Å². The molecular weight excluding hydrogens is 208 g/mol. The zero-order valence-corrected chi connectivity index (χ0v) is 8.80. The van der Waals surface area contributed by atoms with Crippen LogP contribution in [0.3, 0.4) is 0 Å². The van der Waals surface area contributed by atoms with Crippen LogP contribution in [-0.4, -0.2) is 34.8 Å². The maximum absolute atomic E-state index is 10.7. The summed E-state index contributed by atoms with van der Waals surface area (Å²) in [7, 11) is 0. The summed E-state index contributed by atoms with van der Waals surface area (Å²) in [6, 6.07) is 3.31. The number of pyridine rings is 1. The average Bonchev–Trinajstić information content (AvgIpc) is 2.76. The molecule has 86 valence electrons. The Morgan fingerprint density at radius 3 is 3.19 bits per heavy atom. The number of carbonyl (C=O) groups is 1. The highest BCUT2D eigenvalue weighted by Gasteiger charge is 2.29. The molecule has 16 heavy (non-hydrogen) atoms. The van der Waals surface area contributed by atoms with E-state index in [1.165, 1.54) is 0 Å². The van der Waals surface area contributed by atoms with Gasteiger partial charge in [-0.1, -0.05) is 6.07 Å².